The molecule has 0 N–H and O–H groups in total. The second-order valence-corrected chi connectivity index (χ2v) is 4.13. The summed E-state index contributed by atoms with van der Waals surface area (Å²) in [5.41, 5.74) is 3.59. The number of aryl methyl sites for hydroxylation is 2. The topological polar surface area (TPSA) is 48.1 Å². The molecule has 0 atom stereocenters. The molecule has 1 heterocycles. The number of benzene rings is 1. The van der Waals surface area contributed by atoms with Crippen LogP contribution < -0.4 is 0 Å². The van der Waals surface area contributed by atoms with Gasteiger partial charge < -0.3 is 4.57 Å². The Balaban J connectivity index is 2.22. The van der Waals surface area contributed by atoms with Crippen LogP contribution in [0, 0.1) is 24.0 Å². The third-order valence-electron chi connectivity index (χ3n) is 2.91. The summed E-state index contributed by atoms with van der Waals surface area (Å²) in [6.45, 7) is 4.86. The molecule has 88 valence electrons. The van der Waals surface area contributed by atoms with Crippen molar-refractivity contribution in [3.8, 4) is 0 Å². The van der Waals surface area contributed by atoms with Crippen molar-refractivity contribution in [1.82, 2.24) is 4.57 Å². The first-order chi connectivity index (χ1) is 8.08. The van der Waals surface area contributed by atoms with Gasteiger partial charge in [-0.15, -0.1) is 0 Å². The molecule has 2 aromatic rings. The van der Waals surface area contributed by atoms with Crippen molar-refractivity contribution >= 4 is 5.69 Å². The van der Waals surface area contributed by atoms with E-state index in [1.165, 1.54) is 11.4 Å². The molecule has 1 aromatic carbocycles. The minimum atomic E-state index is -0.379. The molecule has 0 fully saturated rings. The van der Waals surface area contributed by atoms with E-state index in [-0.39, 0.29) is 10.6 Å². The van der Waals surface area contributed by atoms with E-state index < -0.39 is 0 Å². The van der Waals surface area contributed by atoms with Gasteiger partial charge in [-0.3, -0.25) is 10.1 Å². The minimum Gasteiger partial charge on any atom is -0.345 e. The summed E-state index contributed by atoms with van der Waals surface area (Å²) < 4.78 is 2.18. The van der Waals surface area contributed by atoms with Gasteiger partial charge in [0.15, 0.2) is 0 Å². The highest BCUT2D eigenvalue weighted by Crippen LogP contribution is 2.15. The average Bonchev–Trinajstić information content (AvgIpc) is 2.61. The van der Waals surface area contributed by atoms with Crippen molar-refractivity contribution in [3.05, 3.63) is 63.5 Å². The van der Waals surface area contributed by atoms with Crippen LogP contribution in [0.4, 0.5) is 5.69 Å². The first kappa shape index (κ1) is 11.4. The zero-order chi connectivity index (χ0) is 12.4. The molecule has 17 heavy (non-hydrogen) atoms. The highest BCUT2D eigenvalue weighted by Gasteiger charge is 2.06. The third-order valence-corrected chi connectivity index (χ3v) is 2.91. The zero-order valence-electron chi connectivity index (χ0n) is 9.88. The predicted octanol–water partition coefficient (Wildman–Crippen LogP) is 3.06. The molecule has 0 unspecified atom stereocenters. The number of rotatable bonds is 3. The van der Waals surface area contributed by atoms with Crippen LogP contribution in [0.15, 0.2) is 36.4 Å². The van der Waals surface area contributed by atoms with Gasteiger partial charge in [-0.2, -0.15) is 0 Å². The molecule has 0 bridgehead atoms. The highest BCUT2D eigenvalue weighted by molar-refractivity contribution is 5.33. The van der Waals surface area contributed by atoms with Crippen LogP contribution in [-0.4, -0.2) is 9.49 Å². The van der Waals surface area contributed by atoms with E-state index in [1.807, 2.05) is 0 Å². The standard InChI is InChI=1S/C13H14N2O2/c1-10-3-4-11(2)14(10)9-12-5-7-13(8-6-12)15(16)17/h3-8H,9H2,1-2H3. The Morgan fingerprint density at radius 2 is 1.59 bits per heavy atom. The van der Waals surface area contributed by atoms with Crippen LogP contribution in [0.25, 0.3) is 0 Å². The molecule has 0 amide bonds. The fourth-order valence-electron chi connectivity index (χ4n) is 1.85. The van der Waals surface area contributed by atoms with Gasteiger partial charge in [0.2, 0.25) is 0 Å². The Morgan fingerprint density at radius 3 is 2.06 bits per heavy atom. The van der Waals surface area contributed by atoms with Gasteiger partial charge in [0.1, 0.15) is 0 Å². The van der Waals surface area contributed by atoms with E-state index in [1.54, 1.807) is 24.3 Å². The molecule has 4 nitrogen and oxygen atoms in total. The number of aromatic nitrogens is 1. The lowest BCUT2D eigenvalue weighted by Gasteiger charge is -2.09. The second kappa shape index (κ2) is 4.41. The molecule has 0 spiro atoms. The molecule has 2 rings (SSSR count). The van der Waals surface area contributed by atoms with Crippen LogP contribution in [0.2, 0.25) is 0 Å². The summed E-state index contributed by atoms with van der Waals surface area (Å²) in [6.07, 6.45) is 0. The van der Waals surface area contributed by atoms with Gasteiger partial charge in [0, 0.05) is 30.1 Å². The lowest BCUT2D eigenvalue weighted by Crippen LogP contribution is -2.03. The molecular formula is C13H14N2O2. The van der Waals surface area contributed by atoms with E-state index in [0.29, 0.717) is 0 Å². The summed E-state index contributed by atoms with van der Waals surface area (Å²) in [4.78, 5) is 10.2. The lowest BCUT2D eigenvalue weighted by molar-refractivity contribution is -0.384. The molecule has 0 aliphatic rings. The second-order valence-electron chi connectivity index (χ2n) is 4.13. The Morgan fingerprint density at radius 1 is 1.06 bits per heavy atom. The average molecular weight is 230 g/mol. The molecule has 0 saturated heterocycles. The highest BCUT2D eigenvalue weighted by atomic mass is 16.6. The van der Waals surface area contributed by atoms with Gasteiger partial charge in [0.05, 0.1) is 4.92 Å². The van der Waals surface area contributed by atoms with Crippen molar-refractivity contribution < 1.29 is 4.92 Å². The van der Waals surface area contributed by atoms with Crippen LogP contribution in [0.1, 0.15) is 17.0 Å². The van der Waals surface area contributed by atoms with Crippen LogP contribution in [-0.2, 0) is 6.54 Å². The molecule has 1 aromatic heterocycles. The minimum absolute atomic E-state index is 0.134. The smallest absolute Gasteiger partial charge is 0.269 e. The van der Waals surface area contributed by atoms with Crippen molar-refractivity contribution in [2.75, 3.05) is 0 Å². The lowest BCUT2D eigenvalue weighted by atomic mass is 10.2. The van der Waals surface area contributed by atoms with E-state index in [4.69, 9.17) is 0 Å². The Labute approximate surface area is 99.7 Å². The van der Waals surface area contributed by atoms with Gasteiger partial charge in [-0.1, -0.05) is 12.1 Å². The van der Waals surface area contributed by atoms with Crippen molar-refractivity contribution in [3.63, 3.8) is 0 Å². The van der Waals surface area contributed by atoms with Crippen LogP contribution in [0.3, 0.4) is 0 Å². The molecule has 0 radical (unpaired) electrons. The maximum absolute atomic E-state index is 10.5. The normalized spacial score (nSPS) is 10.5. The van der Waals surface area contributed by atoms with Gasteiger partial charge >= 0.3 is 0 Å². The van der Waals surface area contributed by atoms with E-state index in [0.717, 1.165) is 12.1 Å². The molecule has 0 aliphatic heterocycles. The molecular weight excluding hydrogens is 216 g/mol. The first-order valence-electron chi connectivity index (χ1n) is 5.44. The van der Waals surface area contributed by atoms with E-state index in [9.17, 15) is 10.1 Å². The monoisotopic (exact) mass is 230 g/mol. The van der Waals surface area contributed by atoms with Gasteiger partial charge in [-0.25, -0.2) is 0 Å². The number of nitro benzene ring substituents is 1. The fourth-order valence-corrected chi connectivity index (χ4v) is 1.85. The van der Waals surface area contributed by atoms with Gasteiger partial charge in [0.25, 0.3) is 5.69 Å². The predicted molar refractivity (Wildman–Crippen MR) is 66.1 cm³/mol. The van der Waals surface area contributed by atoms with E-state index >= 15 is 0 Å². The number of non-ortho nitro benzene ring substituents is 1. The number of hydrogen-bond donors (Lipinski definition) is 0. The van der Waals surface area contributed by atoms with E-state index in [2.05, 4.69) is 30.5 Å². The molecule has 0 saturated carbocycles. The van der Waals surface area contributed by atoms with Crippen molar-refractivity contribution in [2.45, 2.75) is 20.4 Å². The largest absolute Gasteiger partial charge is 0.345 e. The number of nitrogens with zero attached hydrogens (tertiary/aromatic N) is 2. The summed E-state index contributed by atoms with van der Waals surface area (Å²) in [7, 11) is 0. The SMILES string of the molecule is Cc1ccc(C)n1Cc1ccc([N+](=O)[O-])cc1. The maximum atomic E-state index is 10.5. The quantitative estimate of drug-likeness (QED) is 0.601. The van der Waals surface area contributed by atoms with Crippen LogP contribution in [0.5, 0.6) is 0 Å². The van der Waals surface area contributed by atoms with Gasteiger partial charge in [-0.05, 0) is 31.5 Å². The first-order valence-corrected chi connectivity index (χ1v) is 5.44. The molecule has 0 aliphatic carbocycles. The summed E-state index contributed by atoms with van der Waals surface area (Å²) in [5, 5.41) is 10.5. The number of hydrogen-bond acceptors (Lipinski definition) is 2. The van der Waals surface area contributed by atoms with Crippen LogP contribution >= 0.6 is 0 Å². The summed E-state index contributed by atoms with van der Waals surface area (Å²) >= 11 is 0. The summed E-state index contributed by atoms with van der Waals surface area (Å²) in [5.74, 6) is 0. The maximum Gasteiger partial charge on any atom is 0.269 e. The summed E-state index contributed by atoms with van der Waals surface area (Å²) in [6, 6.07) is 10.8. The zero-order valence-corrected chi connectivity index (χ0v) is 9.88. The van der Waals surface area contributed by atoms with Crippen molar-refractivity contribution in [1.29, 1.82) is 0 Å². The Kier molecular flexibility index (Phi) is 2.95. The number of nitro groups is 1. The third kappa shape index (κ3) is 2.36. The molecule has 4 heteroatoms. The Hall–Kier alpha value is -2.10. The van der Waals surface area contributed by atoms with Crippen molar-refractivity contribution in [2.24, 2.45) is 0 Å². The Bertz CT molecular complexity index is 522. The fraction of sp³-hybridized carbons (Fsp3) is 0.231.